The lowest BCUT2D eigenvalue weighted by Crippen LogP contribution is -2.48. The Morgan fingerprint density at radius 1 is 1.35 bits per heavy atom. The minimum Gasteiger partial charge on any atom is -0.383 e. The third-order valence-corrected chi connectivity index (χ3v) is 4.32. The molecule has 4 N–H and O–H groups in total. The molecule has 1 aliphatic rings. The number of methoxy groups -OCH3 is 1. The molecule has 1 aliphatic carbocycles. The van der Waals surface area contributed by atoms with Gasteiger partial charge < -0.3 is 21.1 Å². The third kappa shape index (κ3) is 4.43. The highest BCUT2D eigenvalue weighted by atomic mass is 35.5. The number of hydrogen-bond donors (Lipinski definition) is 3. The summed E-state index contributed by atoms with van der Waals surface area (Å²) in [6.45, 7) is 0.829. The number of hydrogen-bond acceptors (Lipinski definition) is 4. The first kappa shape index (κ1) is 17.7. The van der Waals surface area contributed by atoms with Crippen LogP contribution in [0, 0.1) is 0 Å². The Kier molecular flexibility index (Phi) is 5.98. The van der Waals surface area contributed by atoms with Gasteiger partial charge in [-0.3, -0.25) is 9.59 Å². The van der Waals surface area contributed by atoms with Gasteiger partial charge in [-0.1, -0.05) is 24.4 Å². The van der Waals surface area contributed by atoms with Crippen molar-refractivity contribution in [3.63, 3.8) is 0 Å². The summed E-state index contributed by atoms with van der Waals surface area (Å²) < 4.78 is 4.87. The molecule has 1 saturated carbocycles. The average molecular weight is 340 g/mol. The Morgan fingerprint density at radius 3 is 2.65 bits per heavy atom. The molecule has 23 heavy (non-hydrogen) atoms. The van der Waals surface area contributed by atoms with E-state index in [1.54, 1.807) is 25.3 Å². The fourth-order valence-electron chi connectivity index (χ4n) is 2.63. The summed E-state index contributed by atoms with van der Waals surface area (Å²) in [6, 6.07) is 4.79. The zero-order chi connectivity index (χ0) is 16.9. The number of nitrogens with one attached hydrogen (secondary N) is 2. The summed E-state index contributed by atoms with van der Waals surface area (Å²) in [6.07, 6.45) is 3.30. The monoisotopic (exact) mass is 339 g/mol. The van der Waals surface area contributed by atoms with Gasteiger partial charge in [-0.2, -0.15) is 0 Å². The van der Waals surface area contributed by atoms with Crippen molar-refractivity contribution in [2.45, 2.75) is 31.2 Å². The standard InChI is InChI=1S/C16H22ClN3O3/c1-23-9-8-19-14(21)12-5-4-11(10-13(12)17)20-15(22)16(18)6-2-3-7-16/h4-5,10H,2-3,6-9,18H2,1H3,(H,19,21)(H,20,22). The van der Waals surface area contributed by atoms with Gasteiger partial charge in [-0.25, -0.2) is 0 Å². The molecule has 7 heteroatoms. The van der Waals surface area contributed by atoms with Crippen molar-refractivity contribution in [3.05, 3.63) is 28.8 Å². The average Bonchev–Trinajstić information content (AvgIpc) is 2.95. The van der Waals surface area contributed by atoms with E-state index in [1.807, 2.05) is 0 Å². The summed E-state index contributed by atoms with van der Waals surface area (Å²) >= 11 is 6.14. The normalized spacial score (nSPS) is 16.1. The van der Waals surface area contributed by atoms with Crippen LogP contribution in [0.1, 0.15) is 36.0 Å². The van der Waals surface area contributed by atoms with Crippen molar-refractivity contribution in [1.29, 1.82) is 0 Å². The van der Waals surface area contributed by atoms with Crippen LogP contribution in [-0.2, 0) is 9.53 Å². The minimum atomic E-state index is -0.803. The van der Waals surface area contributed by atoms with E-state index < -0.39 is 5.54 Å². The zero-order valence-electron chi connectivity index (χ0n) is 13.2. The first-order chi connectivity index (χ1) is 11.0. The quantitative estimate of drug-likeness (QED) is 0.690. The largest absolute Gasteiger partial charge is 0.383 e. The lowest BCUT2D eigenvalue weighted by atomic mass is 9.98. The van der Waals surface area contributed by atoms with E-state index >= 15 is 0 Å². The number of halogens is 1. The number of rotatable bonds is 6. The summed E-state index contributed by atoms with van der Waals surface area (Å²) in [5, 5.41) is 5.75. The van der Waals surface area contributed by atoms with E-state index in [0.717, 1.165) is 12.8 Å². The molecule has 1 aromatic carbocycles. The maximum absolute atomic E-state index is 12.3. The first-order valence-corrected chi connectivity index (χ1v) is 8.01. The molecule has 0 aliphatic heterocycles. The van der Waals surface area contributed by atoms with E-state index in [4.69, 9.17) is 22.1 Å². The van der Waals surface area contributed by atoms with Crippen molar-refractivity contribution in [2.24, 2.45) is 5.73 Å². The van der Waals surface area contributed by atoms with Gasteiger partial charge in [0, 0.05) is 19.3 Å². The highest BCUT2D eigenvalue weighted by molar-refractivity contribution is 6.34. The van der Waals surface area contributed by atoms with Crippen molar-refractivity contribution in [2.75, 3.05) is 25.6 Å². The molecule has 126 valence electrons. The van der Waals surface area contributed by atoms with Crippen LogP contribution in [-0.4, -0.2) is 37.6 Å². The van der Waals surface area contributed by atoms with Crippen LogP contribution in [0.3, 0.4) is 0 Å². The zero-order valence-corrected chi connectivity index (χ0v) is 13.9. The van der Waals surface area contributed by atoms with Gasteiger partial charge in [0.05, 0.1) is 22.7 Å². The summed E-state index contributed by atoms with van der Waals surface area (Å²) in [5.41, 5.74) is 6.19. The van der Waals surface area contributed by atoms with Gasteiger partial charge in [0.15, 0.2) is 0 Å². The van der Waals surface area contributed by atoms with Gasteiger partial charge >= 0.3 is 0 Å². The van der Waals surface area contributed by atoms with Gasteiger partial charge in [-0.05, 0) is 31.0 Å². The fraction of sp³-hybridized carbons (Fsp3) is 0.500. The summed E-state index contributed by atoms with van der Waals surface area (Å²) in [5.74, 6) is -0.487. The topological polar surface area (TPSA) is 93.5 Å². The van der Waals surface area contributed by atoms with E-state index in [-0.39, 0.29) is 16.8 Å². The number of amides is 2. The number of benzene rings is 1. The predicted molar refractivity (Wildman–Crippen MR) is 89.7 cm³/mol. The molecule has 0 spiro atoms. The lowest BCUT2D eigenvalue weighted by Gasteiger charge is -2.22. The second kappa shape index (κ2) is 7.77. The molecule has 0 heterocycles. The van der Waals surface area contributed by atoms with Crippen molar-refractivity contribution in [1.82, 2.24) is 5.32 Å². The van der Waals surface area contributed by atoms with Gasteiger partial charge in [0.1, 0.15) is 0 Å². The predicted octanol–water partition coefficient (Wildman–Crippen LogP) is 1.93. The van der Waals surface area contributed by atoms with Crippen LogP contribution >= 0.6 is 11.6 Å². The number of ether oxygens (including phenoxy) is 1. The Morgan fingerprint density at radius 2 is 2.04 bits per heavy atom. The number of anilines is 1. The molecule has 2 amide bonds. The van der Waals surface area contributed by atoms with E-state index in [1.165, 1.54) is 0 Å². The molecule has 0 saturated heterocycles. The molecule has 1 fully saturated rings. The van der Waals surface area contributed by atoms with E-state index in [0.29, 0.717) is 37.2 Å². The van der Waals surface area contributed by atoms with Crippen LogP contribution in [0.5, 0.6) is 0 Å². The van der Waals surface area contributed by atoms with Gasteiger partial charge in [0.25, 0.3) is 5.91 Å². The number of nitrogens with two attached hydrogens (primary N) is 1. The van der Waals surface area contributed by atoms with Crippen molar-refractivity contribution >= 4 is 29.1 Å². The molecule has 6 nitrogen and oxygen atoms in total. The third-order valence-electron chi connectivity index (χ3n) is 4.01. The molecule has 0 unspecified atom stereocenters. The van der Waals surface area contributed by atoms with Gasteiger partial charge in [-0.15, -0.1) is 0 Å². The fourth-order valence-corrected chi connectivity index (χ4v) is 2.89. The maximum atomic E-state index is 12.3. The minimum absolute atomic E-state index is 0.205. The second-order valence-electron chi connectivity index (χ2n) is 5.76. The van der Waals surface area contributed by atoms with E-state index in [9.17, 15) is 9.59 Å². The van der Waals surface area contributed by atoms with Crippen LogP contribution in [0.25, 0.3) is 0 Å². The van der Waals surface area contributed by atoms with Gasteiger partial charge in [0.2, 0.25) is 5.91 Å². The summed E-state index contributed by atoms with van der Waals surface area (Å²) in [4.78, 5) is 24.2. The molecule has 2 rings (SSSR count). The molecular formula is C16H22ClN3O3. The Hall–Kier alpha value is -1.63. The SMILES string of the molecule is COCCNC(=O)c1ccc(NC(=O)C2(N)CCCC2)cc1Cl. The maximum Gasteiger partial charge on any atom is 0.252 e. The molecular weight excluding hydrogens is 318 g/mol. The van der Waals surface area contributed by atoms with Crippen molar-refractivity contribution in [3.8, 4) is 0 Å². The number of carbonyl (C=O) groups is 2. The molecule has 0 radical (unpaired) electrons. The smallest absolute Gasteiger partial charge is 0.252 e. The second-order valence-corrected chi connectivity index (χ2v) is 6.17. The Bertz CT molecular complexity index is 586. The molecule has 0 aromatic heterocycles. The molecule has 0 bridgehead atoms. The van der Waals surface area contributed by atoms with Crippen LogP contribution in [0.4, 0.5) is 5.69 Å². The van der Waals surface area contributed by atoms with Crippen LogP contribution in [0.2, 0.25) is 5.02 Å². The lowest BCUT2D eigenvalue weighted by molar-refractivity contribution is -0.121. The highest BCUT2D eigenvalue weighted by Crippen LogP contribution is 2.29. The van der Waals surface area contributed by atoms with Crippen LogP contribution < -0.4 is 16.4 Å². The number of carbonyl (C=O) groups excluding carboxylic acids is 2. The van der Waals surface area contributed by atoms with Crippen molar-refractivity contribution < 1.29 is 14.3 Å². The Balaban J connectivity index is 2.01. The highest BCUT2D eigenvalue weighted by Gasteiger charge is 2.37. The summed E-state index contributed by atoms with van der Waals surface area (Å²) in [7, 11) is 1.56. The van der Waals surface area contributed by atoms with E-state index in [2.05, 4.69) is 10.6 Å². The van der Waals surface area contributed by atoms with Crippen LogP contribution in [0.15, 0.2) is 18.2 Å². The Labute approximate surface area is 140 Å². The molecule has 1 aromatic rings. The molecule has 0 atom stereocenters. The first-order valence-electron chi connectivity index (χ1n) is 7.63.